The highest BCUT2D eigenvalue weighted by Gasteiger charge is 2.36. The third-order valence-corrected chi connectivity index (χ3v) is 6.44. The Bertz CT molecular complexity index is 1600. The van der Waals surface area contributed by atoms with Crippen LogP contribution in [0.4, 0.5) is 17.6 Å². The molecular weight excluding hydrogens is 518 g/mol. The molecule has 3 aliphatic rings. The van der Waals surface area contributed by atoms with Crippen LogP contribution in [0.2, 0.25) is 0 Å². The second kappa shape index (κ2) is 9.73. The molecular formula is C26H23F4N7O2. The van der Waals surface area contributed by atoms with Gasteiger partial charge in [0.1, 0.15) is 18.1 Å². The monoisotopic (exact) mass is 541 g/mol. The van der Waals surface area contributed by atoms with E-state index in [-0.39, 0.29) is 41.7 Å². The van der Waals surface area contributed by atoms with E-state index in [1.54, 1.807) is 19.2 Å². The van der Waals surface area contributed by atoms with Gasteiger partial charge in [0.2, 0.25) is 11.8 Å². The fourth-order valence-corrected chi connectivity index (χ4v) is 4.89. The summed E-state index contributed by atoms with van der Waals surface area (Å²) in [6.45, 7) is -2.45. The van der Waals surface area contributed by atoms with Crippen LogP contribution >= 0.6 is 0 Å². The van der Waals surface area contributed by atoms with Crippen LogP contribution in [0.5, 0.6) is 11.8 Å². The molecule has 9 nitrogen and oxygen atoms in total. The van der Waals surface area contributed by atoms with Gasteiger partial charge < -0.3 is 19.8 Å². The number of halogens is 4. The van der Waals surface area contributed by atoms with Gasteiger partial charge in [-0.3, -0.25) is 4.68 Å². The molecule has 1 unspecified atom stereocenters. The predicted molar refractivity (Wildman–Crippen MR) is 133 cm³/mol. The van der Waals surface area contributed by atoms with Gasteiger partial charge in [0.25, 0.3) is 6.43 Å². The zero-order valence-corrected chi connectivity index (χ0v) is 20.6. The Balaban J connectivity index is 1.63. The smallest absolute Gasteiger partial charge is 0.388 e. The fourth-order valence-electron chi connectivity index (χ4n) is 4.89. The Morgan fingerprint density at radius 2 is 1.85 bits per heavy atom. The second-order valence-corrected chi connectivity index (χ2v) is 9.21. The van der Waals surface area contributed by atoms with Gasteiger partial charge in [0.05, 0.1) is 29.4 Å². The minimum absolute atomic E-state index is 0.0267. The van der Waals surface area contributed by atoms with E-state index in [1.165, 1.54) is 15.6 Å². The lowest BCUT2D eigenvalue weighted by Crippen LogP contribution is -2.37. The summed E-state index contributed by atoms with van der Waals surface area (Å²) >= 11 is 0. The number of benzene rings is 1. The molecule has 2 aromatic heterocycles. The molecule has 3 aromatic rings. The first-order valence-corrected chi connectivity index (χ1v) is 12.1. The van der Waals surface area contributed by atoms with E-state index in [4.69, 9.17) is 20.2 Å². The van der Waals surface area contributed by atoms with Gasteiger partial charge in [0, 0.05) is 37.1 Å². The van der Waals surface area contributed by atoms with Crippen LogP contribution in [0.3, 0.4) is 0 Å². The van der Waals surface area contributed by atoms with Crippen LogP contribution < -0.4 is 15.2 Å². The molecule has 0 saturated heterocycles. The number of aryl methyl sites for hydroxylation is 1. The summed E-state index contributed by atoms with van der Waals surface area (Å²) in [6.07, 6.45) is 0.334. The molecule has 0 fully saturated rings. The van der Waals surface area contributed by atoms with Crippen LogP contribution in [0.25, 0.3) is 33.8 Å². The quantitative estimate of drug-likeness (QED) is 0.304. The van der Waals surface area contributed by atoms with E-state index >= 15 is 0 Å². The highest BCUT2D eigenvalue weighted by Crippen LogP contribution is 2.49. The summed E-state index contributed by atoms with van der Waals surface area (Å²) in [4.78, 5) is 4.81. The normalized spacial score (nSPS) is 15.2. The highest BCUT2D eigenvalue weighted by molar-refractivity contribution is 5.97. The van der Waals surface area contributed by atoms with Gasteiger partial charge in [-0.2, -0.15) is 13.9 Å². The van der Waals surface area contributed by atoms with Crippen LogP contribution in [-0.2, 0) is 20.1 Å². The molecule has 1 atom stereocenters. The van der Waals surface area contributed by atoms with E-state index in [1.807, 2.05) is 41.1 Å². The standard InChI is InChI=1S/C26H23F4N7O2/c1-35-12-17(24(34-35)39-26(29)30)18-16-8-5-9-36(10-14-6-3-2-4-7-14)23(16)32-20(18)19-21(22(27)28)33-37-11-15(31)13-38-25(19)37/h2-9,12,15,22,26H,10-11,13,31H2,1H3. The van der Waals surface area contributed by atoms with E-state index in [0.29, 0.717) is 23.5 Å². The van der Waals surface area contributed by atoms with E-state index < -0.39 is 24.8 Å². The number of nitrogens with two attached hydrogens (primary N) is 1. The zero-order chi connectivity index (χ0) is 27.3. The molecule has 1 aromatic carbocycles. The molecule has 202 valence electrons. The summed E-state index contributed by atoms with van der Waals surface area (Å²) in [5.41, 5.74) is 7.48. The minimum atomic E-state index is -3.15. The predicted octanol–water partition coefficient (Wildman–Crippen LogP) is 4.56. The third kappa shape index (κ3) is 4.48. The van der Waals surface area contributed by atoms with Crippen LogP contribution in [0.15, 0.2) is 54.9 Å². The Morgan fingerprint density at radius 1 is 1.05 bits per heavy atom. The van der Waals surface area contributed by atoms with Crippen molar-refractivity contribution < 1.29 is 27.0 Å². The van der Waals surface area contributed by atoms with Crippen molar-refractivity contribution in [3.05, 3.63) is 66.1 Å². The van der Waals surface area contributed by atoms with Gasteiger partial charge in [-0.1, -0.05) is 30.3 Å². The first-order valence-electron chi connectivity index (χ1n) is 12.1. The zero-order valence-electron chi connectivity index (χ0n) is 20.6. The summed E-state index contributed by atoms with van der Waals surface area (Å²) in [5.74, 6) is 0.181. The van der Waals surface area contributed by atoms with Gasteiger partial charge in [-0.25, -0.2) is 18.4 Å². The average Bonchev–Trinajstić information content (AvgIpc) is 3.56. The molecule has 6 rings (SSSR count). The topological polar surface area (TPSA) is 97.9 Å². The number of rotatable bonds is 7. The fraction of sp³-hybridized carbons (Fsp3) is 0.269. The van der Waals surface area contributed by atoms with Crippen molar-refractivity contribution in [1.29, 1.82) is 0 Å². The molecule has 5 heterocycles. The van der Waals surface area contributed by atoms with E-state index in [0.717, 1.165) is 5.56 Å². The Morgan fingerprint density at radius 3 is 2.59 bits per heavy atom. The molecule has 3 aliphatic heterocycles. The summed E-state index contributed by atoms with van der Waals surface area (Å²) < 4.78 is 70.4. The molecule has 0 amide bonds. The van der Waals surface area contributed by atoms with Gasteiger partial charge in [-0.15, -0.1) is 5.10 Å². The Hall–Kier alpha value is -4.39. The van der Waals surface area contributed by atoms with Crippen molar-refractivity contribution in [2.24, 2.45) is 12.8 Å². The number of hydrogen-bond donors (Lipinski definition) is 1. The molecule has 13 heteroatoms. The summed E-state index contributed by atoms with van der Waals surface area (Å²) in [7, 11) is 1.55. The van der Waals surface area contributed by atoms with Gasteiger partial charge in [0.15, 0.2) is 0 Å². The highest BCUT2D eigenvalue weighted by atomic mass is 19.3. The average molecular weight is 542 g/mol. The maximum Gasteiger partial charge on any atom is 0.388 e. The Kier molecular flexibility index (Phi) is 6.22. The SMILES string of the molecule is Cn1cc(-c2c3cccn(Cc4ccccc4)c-3nc2-c2c(C(F)F)nn3c2OCC(N)C3)c(OC(F)F)n1. The van der Waals surface area contributed by atoms with Crippen molar-refractivity contribution in [3.8, 4) is 45.5 Å². The largest absolute Gasteiger partial charge is 0.476 e. The number of pyridine rings is 1. The first kappa shape index (κ1) is 24.9. The lowest BCUT2D eigenvalue weighted by Gasteiger charge is -2.21. The number of aromatic nitrogens is 6. The van der Waals surface area contributed by atoms with Crippen molar-refractivity contribution in [2.75, 3.05) is 6.61 Å². The molecule has 39 heavy (non-hydrogen) atoms. The van der Waals surface area contributed by atoms with Crippen molar-refractivity contribution >= 4 is 0 Å². The Labute approximate surface area is 219 Å². The molecule has 0 bridgehead atoms. The lowest BCUT2D eigenvalue weighted by molar-refractivity contribution is -0.0527. The first-order chi connectivity index (χ1) is 18.8. The second-order valence-electron chi connectivity index (χ2n) is 9.21. The van der Waals surface area contributed by atoms with E-state index in [2.05, 4.69) is 10.2 Å². The number of nitrogens with zero attached hydrogens (tertiary/aromatic N) is 6. The lowest BCUT2D eigenvalue weighted by atomic mass is 9.98. The van der Waals surface area contributed by atoms with Crippen molar-refractivity contribution in [1.82, 2.24) is 29.1 Å². The van der Waals surface area contributed by atoms with Gasteiger partial charge in [-0.05, 0) is 17.7 Å². The maximum atomic E-state index is 14.4. The molecule has 0 aliphatic carbocycles. The van der Waals surface area contributed by atoms with Crippen LogP contribution in [0, 0.1) is 0 Å². The van der Waals surface area contributed by atoms with Crippen molar-refractivity contribution in [3.63, 3.8) is 0 Å². The third-order valence-electron chi connectivity index (χ3n) is 6.44. The number of ether oxygens (including phenoxy) is 2. The maximum absolute atomic E-state index is 14.4. The molecule has 0 radical (unpaired) electrons. The number of alkyl halides is 4. The summed E-state index contributed by atoms with van der Waals surface area (Å²) in [6, 6.07) is 12.7. The number of hydrogen-bond acceptors (Lipinski definition) is 6. The van der Waals surface area contributed by atoms with Crippen LogP contribution in [-0.4, -0.2) is 48.4 Å². The molecule has 2 N–H and O–H groups in total. The van der Waals surface area contributed by atoms with Crippen LogP contribution in [0.1, 0.15) is 17.7 Å². The molecule has 0 saturated carbocycles. The van der Waals surface area contributed by atoms with Gasteiger partial charge >= 0.3 is 6.61 Å². The number of fused-ring (bicyclic) bond motifs is 2. The minimum Gasteiger partial charge on any atom is -0.476 e. The summed E-state index contributed by atoms with van der Waals surface area (Å²) in [5, 5.41) is 8.14. The molecule has 0 spiro atoms. The van der Waals surface area contributed by atoms with E-state index in [9.17, 15) is 17.6 Å². The van der Waals surface area contributed by atoms with Crippen molar-refractivity contribution in [2.45, 2.75) is 32.2 Å².